The molecule has 0 saturated carbocycles. The largest absolute Gasteiger partial charge is 0.448 e. The van der Waals surface area contributed by atoms with E-state index in [0.717, 1.165) is 4.47 Å². The van der Waals surface area contributed by atoms with Gasteiger partial charge in [0.2, 0.25) is 0 Å². The zero-order valence-corrected chi connectivity index (χ0v) is 12.2. The summed E-state index contributed by atoms with van der Waals surface area (Å²) in [4.78, 5) is 11.7. The van der Waals surface area contributed by atoms with Crippen molar-refractivity contribution in [3.8, 4) is 0 Å². The van der Waals surface area contributed by atoms with Gasteiger partial charge in [0.25, 0.3) is 5.91 Å². The molecule has 0 aliphatic heterocycles. The average Bonchev–Trinajstić information content (AvgIpc) is 2.76. The van der Waals surface area contributed by atoms with Crippen LogP contribution in [-0.4, -0.2) is 12.1 Å². The van der Waals surface area contributed by atoms with Crippen molar-refractivity contribution in [1.82, 2.24) is 5.43 Å². The number of amides is 1. The van der Waals surface area contributed by atoms with E-state index in [0.29, 0.717) is 16.0 Å². The van der Waals surface area contributed by atoms with Gasteiger partial charge in [0.15, 0.2) is 4.67 Å². The topological polar surface area (TPSA) is 54.6 Å². The highest BCUT2D eigenvalue weighted by atomic mass is 79.9. The number of carbonyl (C=O) groups excluding carboxylic acids is 1. The lowest BCUT2D eigenvalue weighted by molar-refractivity contribution is 0.0955. The Morgan fingerprint density at radius 3 is 2.50 bits per heavy atom. The fraction of sp³-hybridized carbons (Fsp3) is 0. The Kier molecular flexibility index (Phi) is 4.33. The predicted octanol–water partition coefficient (Wildman–Crippen LogP) is 3.57. The zero-order chi connectivity index (χ0) is 13.0. The van der Waals surface area contributed by atoms with Crippen LogP contribution in [0.25, 0.3) is 0 Å². The van der Waals surface area contributed by atoms with Crippen LogP contribution in [0.4, 0.5) is 0 Å². The summed E-state index contributed by atoms with van der Waals surface area (Å²) < 4.78 is 6.73. The standard InChI is InChI=1S/C12H8Br2N2O2/c13-9-3-1-8(2-4-9)12(17)16-15-7-10-5-6-11(14)18-10/h1-7H,(H,16,17)/b15-7-. The fourth-order valence-electron chi connectivity index (χ4n) is 1.22. The molecule has 0 aliphatic carbocycles. The van der Waals surface area contributed by atoms with Crippen LogP contribution >= 0.6 is 31.9 Å². The number of rotatable bonds is 3. The normalized spacial score (nSPS) is 10.8. The molecule has 0 saturated heterocycles. The summed E-state index contributed by atoms with van der Waals surface area (Å²) in [7, 11) is 0. The van der Waals surface area contributed by atoms with Crippen molar-refractivity contribution in [1.29, 1.82) is 0 Å². The number of hydrogen-bond donors (Lipinski definition) is 1. The molecule has 2 aromatic rings. The molecule has 0 fully saturated rings. The van der Waals surface area contributed by atoms with E-state index in [4.69, 9.17) is 4.42 Å². The Hall–Kier alpha value is -1.40. The summed E-state index contributed by atoms with van der Waals surface area (Å²) in [6.45, 7) is 0. The van der Waals surface area contributed by atoms with E-state index in [9.17, 15) is 4.79 Å². The smallest absolute Gasteiger partial charge is 0.271 e. The molecule has 0 radical (unpaired) electrons. The number of benzene rings is 1. The zero-order valence-electron chi connectivity index (χ0n) is 9.06. The molecule has 0 bridgehead atoms. The maximum Gasteiger partial charge on any atom is 0.271 e. The molecule has 1 heterocycles. The number of hydrogen-bond acceptors (Lipinski definition) is 3. The second-order valence-electron chi connectivity index (χ2n) is 3.35. The van der Waals surface area contributed by atoms with Gasteiger partial charge in [0.05, 0.1) is 6.21 Å². The first-order valence-corrected chi connectivity index (χ1v) is 6.58. The monoisotopic (exact) mass is 370 g/mol. The Morgan fingerprint density at radius 1 is 1.17 bits per heavy atom. The minimum absolute atomic E-state index is 0.274. The molecule has 0 aliphatic rings. The molecule has 18 heavy (non-hydrogen) atoms. The first kappa shape index (κ1) is 13.0. The lowest BCUT2D eigenvalue weighted by Gasteiger charge is -1.99. The summed E-state index contributed by atoms with van der Waals surface area (Å²) in [6.07, 6.45) is 1.43. The van der Waals surface area contributed by atoms with Crippen molar-refractivity contribution >= 4 is 44.0 Å². The van der Waals surface area contributed by atoms with Gasteiger partial charge in [-0.3, -0.25) is 4.79 Å². The summed E-state index contributed by atoms with van der Waals surface area (Å²) in [6, 6.07) is 10.5. The fourth-order valence-corrected chi connectivity index (χ4v) is 1.80. The van der Waals surface area contributed by atoms with Crippen molar-refractivity contribution < 1.29 is 9.21 Å². The summed E-state index contributed by atoms with van der Waals surface area (Å²) in [5.74, 6) is 0.280. The van der Waals surface area contributed by atoms with Crippen LogP contribution in [0.1, 0.15) is 16.1 Å². The minimum atomic E-state index is -0.274. The van der Waals surface area contributed by atoms with Gasteiger partial charge in [-0.1, -0.05) is 15.9 Å². The lowest BCUT2D eigenvalue weighted by Crippen LogP contribution is -2.17. The Balaban J connectivity index is 1.96. The first-order valence-electron chi connectivity index (χ1n) is 4.99. The molecule has 1 amide bonds. The molecule has 92 valence electrons. The van der Waals surface area contributed by atoms with Gasteiger partial charge in [-0.15, -0.1) is 0 Å². The van der Waals surface area contributed by atoms with Crippen molar-refractivity contribution in [3.05, 3.63) is 56.9 Å². The molecule has 0 atom stereocenters. The van der Waals surface area contributed by atoms with Crippen LogP contribution in [0.15, 0.2) is 55.1 Å². The van der Waals surface area contributed by atoms with Gasteiger partial charge < -0.3 is 4.42 Å². The minimum Gasteiger partial charge on any atom is -0.448 e. The van der Waals surface area contributed by atoms with Crippen molar-refractivity contribution in [2.45, 2.75) is 0 Å². The number of nitrogens with zero attached hydrogens (tertiary/aromatic N) is 1. The molecule has 1 N–H and O–H groups in total. The Bertz CT molecular complexity index is 576. The molecule has 2 rings (SSSR count). The van der Waals surface area contributed by atoms with Gasteiger partial charge in [-0.2, -0.15) is 5.10 Å². The maximum atomic E-state index is 11.7. The number of halogens is 2. The summed E-state index contributed by atoms with van der Waals surface area (Å²) in [5, 5.41) is 3.80. The van der Waals surface area contributed by atoms with Crippen LogP contribution in [0, 0.1) is 0 Å². The van der Waals surface area contributed by atoms with E-state index in [1.54, 1.807) is 36.4 Å². The van der Waals surface area contributed by atoms with Crippen molar-refractivity contribution in [2.24, 2.45) is 5.10 Å². The highest BCUT2D eigenvalue weighted by molar-refractivity contribution is 9.10. The molecule has 1 aromatic carbocycles. The van der Waals surface area contributed by atoms with Gasteiger partial charge >= 0.3 is 0 Å². The number of furan rings is 1. The highest BCUT2D eigenvalue weighted by Gasteiger charge is 2.03. The third-order valence-electron chi connectivity index (χ3n) is 2.06. The Labute approximate surface area is 120 Å². The molecule has 4 nitrogen and oxygen atoms in total. The first-order chi connectivity index (χ1) is 8.65. The van der Waals surface area contributed by atoms with Gasteiger partial charge in [0, 0.05) is 10.0 Å². The third-order valence-corrected chi connectivity index (χ3v) is 3.01. The van der Waals surface area contributed by atoms with Crippen LogP contribution in [0.3, 0.4) is 0 Å². The van der Waals surface area contributed by atoms with Crippen LogP contribution in [0.5, 0.6) is 0 Å². The van der Waals surface area contributed by atoms with E-state index in [-0.39, 0.29) is 5.91 Å². The quantitative estimate of drug-likeness (QED) is 0.662. The summed E-state index contributed by atoms with van der Waals surface area (Å²) in [5.41, 5.74) is 2.95. The molecule has 6 heteroatoms. The lowest BCUT2D eigenvalue weighted by atomic mass is 10.2. The van der Waals surface area contributed by atoms with Crippen molar-refractivity contribution in [2.75, 3.05) is 0 Å². The van der Waals surface area contributed by atoms with Crippen LogP contribution in [0.2, 0.25) is 0 Å². The van der Waals surface area contributed by atoms with Gasteiger partial charge in [0.1, 0.15) is 5.76 Å². The second-order valence-corrected chi connectivity index (χ2v) is 5.05. The maximum absolute atomic E-state index is 11.7. The van der Waals surface area contributed by atoms with Crippen LogP contribution in [-0.2, 0) is 0 Å². The average molecular weight is 372 g/mol. The second kappa shape index (κ2) is 5.97. The van der Waals surface area contributed by atoms with E-state index in [1.807, 2.05) is 0 Å². The third kappa shape index (κ3) is 3.54. The van der Waals surface area contributed by atoms with E-state index >= 15 is 0 Å². The van der Waals surface area contributed by atoms with E-state index in [2.05, 4.69) is 42.4 Å². The summed E-state index contributed by atoms with van der Waals surface area (Å²) >= 11 is 6.48. The van der Waals surface area contributed by atoms with E-state index < -0.39 is 0 Å². The molecule has 0 unspecified atom stereocenters. The highest BCUT2D eigenvalue weighted by Crippen LogP contribution is 2.12. The van der Waals surface area contributed by atoms with E-state index in [1.165, 1.54) is 6.21 Å². The Morgan fingerprint density at radius 2 is 1.89 bits per heavy atom. The predicted molar refractivity (Wildman–Crippen MR) is 75.6 cm³/mol. The van der Waals surface area contributed by atoms with Gasteiger partial charge in [-0.05, 0) is 52.3 Å². The van der Waals surface area contributed by atoms with Crippen LogP contribution < -0.4 is 5.43 Å². The number of hydrazone groups is 1. The van der Waals surface area contributed by atoms with Gasteiger partial charge in [-0.25, -0.2) is 5.43 Å². The van der Waals surface area contributed by atoms with Crippen molar-refractivity contribution in [3.63, 3.8) is 0 Å². The molecule has 0 spiro atoms. The molecule has 1 aromatic heterocycles. The SMILES string of the molecule is O=C(N/N=C\c1ccc(Br)o1)c1ccc(Br)cc1. The molecular weight excluding hydrogens is 364 g/mol. The molecular formula is C12H8Br2N2O2. The number of nitrogens with one attached hydrogen (secondary N) is 1. The number of carbonyl (C=O) groups is 1.